The summed E-state index contributed by atoms with van der Waals surface area (Å²) < 4.78 is 29.6. The van der Waals surface area contributed by atoms with Crippen LogP contribution >= 0.6 is 0 Å². The van der Waals surface area contributed by atoms with E-state index in [0.717, 1.165) is 53.1 Å². The average Bonchev–Trinajstić information content (AvgIpc) is 3.72. The summed E-state index contributed by atoms with van der Waals surface area (Å²) in [6.07, 6.45) is 10.8. The molecule has 0 radical (unpaired) electrons. The first-order valence-corrected chi connectivity index (χ1v) is 13.0. The van der Waals surface area contributed by atoms with Gasteiger partial charge in [-0.05, 0) is 48.6 Å². The van der Waals surface area contributed by atoms with Gasteiger partial charge in [0.25, 0.3) is 0 Å². The number of benzene rings is 1. The van der Waals surface area contributed by atoms with Crippen molar-refractivity contribution in [1.29, 1.82) is 0 Å². The zero-order valence-corrected chi connectivity index (χ0v) is 21.0. The van der Waals surface area contributed by atoms with Crippen LogP contribution in [0.4, 0.5) is 26.1 Å². The molecule has 2 aliphatic rings. The van der Waals surface area contributed by atoms with Crippen LogP contribution in [0.1, 0.15) is 24.3 Å². The highest BCUT2D eigenvalue weighted by atomic mass is 19.1. The second-order valence-electron chi connectivity index (χ2n) is 9.80. The van der Waals surface area contributed by atoms with Gasteiger partial charge in [0, 0.05) is 49.5 Å². The fraction of sp³-hybridized carbons (Fsp3) is 0.250. The molecule has 1 aromatic carbocycles. The van der Waals surface area contributed by atoms with Gasteiger partial charge in [-0.2, -0.15) is 5.10 Å². The molecule has 1 saturated carbocycles. The fourth-order valence-electron chi connectivity index (χ4n) is 5.03. The molecule has 5 aromatic rings. The minimum Gasteiger partial charge on any atom is -0.353 e. The lowest BCUT2D eigenvalue weighted by molar-refractivity contribution is 0.560. The summed E-state index contributed by atoms with van der Waals surface area (Å²) in [5, 5.41) is 11.8. The summed E-state index contributed by atoms with van der Waals surface area (Å²) >= 11 is 0. The van der Waals surface area contributed by atoms with Gasteiger partial charge in [0.15, 0.2) is 17.5 Å². The molecule has 196 valence electrons. The number of nitrogens with one attached hydrogen (secondary N) is 2. The van der Waals surface area contributed by atoms with Crippen molar-refractivity contribution in [3.05, 3.63) is 78.5 Å². The number of halogens is 2. The van der Waals surface area contributed by atoms with Crippen molar-refractivity contribution in [3.8, 4) is 17.1 Å². The molecule has 2 fully saturated rings. The summed E-state index contributed by atoms with van der Waals surface area (Å²) in [6.45, 7) is 3.54. The molecule has 7 rings (SSSR count). The number of anilines is 3. The predicted octanol–water partition coefficient (Wildman–Crippen LogP) is 4.58. The minimum atomic E-state index is -0.696. The first-order valence-electron chi connectivity index (χ1n) is 13.0. The fourth-order valence-corrected chi connectivity index (χ4v) is 5.03. The number of hydrogen-bond donors (Lipinski definition) is 2. The van der Waals surface area contributed by atoms with Crippen molar-refractivity contribution >= 4 is 28.2 Å². The van der Waals surface area contributed by atoms with Crippen LogP contribution in [0.2, 0.25) is 0 Å². The predicted molar refractivity (Wildman–Crippen MR) is 144 cm³/mol. The van der Waals surface area contributed by atoms with Crippen LogP contribution < -0.4 is 15.5 Å². The molecule has 39 heavy (non-hydrogen) atoms. The van der Waals surface area contributed by atoms with E-state index in [0.29, 0.717) is 23.2 Å². The average molecular weight is 526 g/mol. The Kier molecular flexibility index (Phi) is 5.85. The first kappa shape index (κ1) is 23.6. The molecule has 0 spiro atoms. The molecule has 0 bridgehead atoms. The summed E-state index contributed by atoms with van der Waals surface area (Å²) in [7, 11) is 0. The molecule has 1 saturated heterocycles. The third-order valence-electron chi connectivity index (χ3n) is 7.09. The molecule has 0 amide bonds. The Morgan fingerprint density at radius 1 is 0.974 bits per heavy atom. The lowest BCUT2D eigenvalue weighted by atomic mass is 10.1. The largest absolute Gasteiger partial charge is 0.353 e. The van der Waals surface area contributed by atoms with Crippen LogP contribution in [-0.4, -0.2) is 55.9 Å². The first-order chi connectivity index (χ1) is 19.1. The monoisotopic (exact) mass is 525 g/mol. The number of para-hydroxylation sites is 1. The highest BCUT2D eigenvalue weighted by molar-refractivity contribution is 5.94. The number of pyridine rings is 2. The number of piperazine rings is 1. The molecule has 11 heteroatoms. The zero-order chi connectivity index (χ0) is 26.3. The van der Waals surface area contributed by atoms with E-state index in [9.17, 15) is 8.78 Å². The van der Waals surface area contributed by atoms with Crippen LogP contribution in [0, 0.1) is 11.6 Å². The topological polar surface area (TPSA) is 96.7 Å². The van der Waals surface area contributed by atoms with Crippen molar-refractivity contribution in [2.45, 2.75) is 18.8 Å². The Hall–Kier alpha value is -4.51. The quantitative estimate of drug-likeness (QED) is 0.333. The Morgan fingerprint density at radius 3 is 2.59 bits per heavy atom. The molecule has 2 N–H and O–H groups in total. The van der Waals surface area contributed by atoms with Crippen LogP contribution in [0.3, 0.4) is 0 Å². The van der Waals surface area contributed by atoms with E-state index < -0.39 is 11.6 Å². The number of rotatable bonds is 6. The Morgan fingerprint density at radius 2 is 1.79 bits per heavy atom. The van der Waals surface area contributed by atoms with Gasteiger partial charge < -0.3 is 15.5 Å². The summed E-state index contributed by atoms with van der Waals surface area (Å²) in [5.74, 6) is 1.18. The highest BCUT2D eigenvalue weighted by Gasteiger charge is 2.29. The number of nitrogens with zero attached hydrogens (tertiary/aromatic N) is 7. The molecule has 4 aromatic heterocycles. The SMILES string of the molecule is Fc1cccc(F)c1-n1cc(Nc2cc(-c3nc(N4CCNCC4)c4c(C5CC5)cncc4n3)ccn2)cn1. The van der Waals surface area contributed by atoms with Gasteiger partial charge in [0.2, 0.25) is 0 Å². The molecule has 0 atom stereocenters. The number of hydrogen-bond acceptors (Lipinski definition) is 8. The van der Waals surface area contributed by atoms with Gasteiger partial charge in [-0.25, -0.2) is 28.4 Å². The van der Waals surface area contributed by atoms with Gasteiger partial charge in [-0.15, -0.1) is 0 Å². The maximum absolute atomic E-state index is 14.2. The van der Waals surface area contributed by atoms with Crippen LogP contribution in [0.15, 0.2) is 61.3 Å². The Labute approximate surface area is 223 Å². The molecular formula is C28H25F2N9. The third kappa shape index (κ3) is 4.54. The smallest absolute Gasteiger partial charge is 0.162 e. The third-order valence-corrected chi connectivity index (χ3v) is 7.09. The van der Waals surface area contributed by atoms with E-state index in [-0.39, 0.29) is 5.69 Å². The normalized spacial score (nSPS) is 15.6. The van der Waals surface area contributed by atoms with E-state index >= 15 is 0 Å². The van der Waals surface area contributed by atoms with Crippen molar-refractivity contribution in [2.24, 2.45) is 0 Å². The van der Waals surface area contributed by atoms with Gasteiger partial charge in [-0.3, -0.25) is 4.98 Å². The van der Waals surface area contributed by atoms with Crippen molar-refractivity contribution < 1.29 is 8.78 Å². The van der Waals surface area contributed by atoms with E-state index in [1.54, 1.807) is 6.20 Å². The van der Waals surface area contributed by atoms with Gasteiger partial charge in [-0.1, -0.05) is 6.07 Å². The Bertz CT molecular complexity index is 1660. The van der Waals surface area contributed by atoms with Gasteiger partial charge >= 0.3 is 0 Å². The molecule has 1 aliphatic heterocycles. The van der Waals surface area contributed by atoms with Gasteiger partial charge in [0.1, 0.15) is 17.3 Å². The molecule has 9 nitrogen and oxygen atoms in total. The summed E-state index contributed by atoms with van der Waals surface area (Å²) in [4.78, 5) is 21.2. The highest BCUT2D eigenvalue weighted by Crippen LogP contribution is 2.44. The van der Waals surface area contributed by atoms with Crippen LogP contribution in [0.25, 0.3) is 28.0 Å². The second kappa shape index (κ2) is 9.66. The van der Waals surface area contributed by atoms with Crippen LogP contribution in [-0.2, 0) is 0 Å². The molecule has 5 heterocycles. The van der Waals surface area contributed by atoms with Crippen molar-refractivity contribution in [2.75, 3.05) is 36.4 Å². The van der Waals surface area contributed by atoms with E-state index in [1.165, 1.54) is 49.0 Å². The molecule has 0 unspecified atom stereocenters. The van der Waals surface area contributed by atoms with E-state index in [1.807, 2.05) is 24.5 Å². The van der Waals surface area contributed by atoms with Crippen molar-refractivity contribution in [3.63, 3.8) is 0 Å². The number of aromatic nitrogens is 6. The standard InChI is InChI=1S/C28H25F2N9/c29-21-2-1-3-22(30)26(21)39-16-19(13-34-39)35-24-12-18(6-7-33-24)27-36-23-15-32-14-20(17-4-5-17)25(23)28(37-27)38-10-8-31-9-11-38/h1-3,6-7,12-17,31H,4-5,8-11H2,(H,33,35). The molecular weight excluding hydrogens is 500 g/mol. The lowest BCUT2D eigenvalue weighted by Gasteiger charge is -2.30. The minimum absolute atomic E-state index is 0.239. The molecule has 1 aliphatic carbocycles. The Balaban J connectivity index is 1.24. The van der Waals surface area contributed by atoms with E-state index in [2.05, 4.69) is 30.6 Å². The van der Waals surface area contributed by atoms with Gasteiger partial charge in [0.05, 0.1) is 29.8 Å². The second-order valence-corrected chi connectivity index (χ2v) is 9.80. The maximum Gasteiger partial charge on any atom is 0.162 e. The number of fused-ring (bicyclic) bond motifs is 1. The van der Waals surface area contributed by atoms with Crippen molar-refractivity contribution in [1.82, 2.24) is 35.0 Å². The maximum atomic E-state index is 14.2. The van der Waals surface area contributed by atoms with E-state index in [4.69, 9.17) is 9.97 Å². The van der Waals surface area contributed by atoms with Crippen LogP contribution in [0.5, 0.6) is 0 Å². The summed E-state index contributed by atoms with van der Waals surface area (Å²) in [6, 6.07) is 7.42. The summed E-state index contributed by atoms with van der Waals surface area (Å²) in [5.41, 5.74) is 3.14. The lowest BCUT2D eigenvalue weighted by Crippen LogP contribution is -2.44. The zero-order valence-electron chi connectivity index (χ0n) is 21.0.